The quantitative estimate of drug-likeness (QED) is 0.293. The average Bonchev–Trinajstić information content (AvgIpc) is 3.38. The van der Waals surface area contributed by atoms with Gasteiger partial charge < -0.3 is 10.3 Å². The zero-order valence-corrected chi connectivity index (χ0v) is 19.4. The molecule has 0 aliphatic heterocycles. The fourth-order valence-corrected chi connectivity index (χ4v) is 4.08. The number of amides is 1. The second-order valence-corrected chi connectivity index (χ2v) is 8.70. The van der Waals surface area contributed by atoms with E-state index in [1.165, 1.54) is 53.5 Å². The normalized spacial score (nSPS) is 12.9. The number of benzene rings is 2. The van der Waals surface area contributed by atoms with Crippen molar-refractivity contribution < 1.29 is 22.4 Å². The predicted octanol–water partition coefficient (Wildman–Crippen LogP) is 5.45. The van der Waals surface area contributed by atoms with E-state index < -0.39 is 23.9 Å². The van der Waals surface area contributed by atoms with Crippen LogP contribution < -0.4 is 5.32 Å². The highest BCUT2D eigenvalue weighted by atomic mass is 79.9. The molecule has 3 heterocycles. The van der Waals surface area contributed by atoms with Gasteiger partial charge in [-0.25, -0.2) is 14.4 Å². The number of H-pyrrole nitrogens is 1. The maximum absolute atomic E-state index is 13.8. The van der Waals surface area contributed by atoms with Crippen LogP contribution in [-0.4, -0.2) is 36.8 Å². The molecule has 0 aliphatic rings. The molecule has 0 radical (unpaired) electrons. The van der Waals surface area contributed by atoms with Crippen LogP contribution in [0.1, 0.15) is 22.0 Å². The summed E-state index contributed by atoms with van der Waals surface area (Å²) in [6, 6.07) is 7.43. The average molecular weight is 547 g/mol. The van der Waals surface area contributed by atoms with Crippen molar-refractivity contribution >= 4 is 43.9 Å². The van der Waals surface area contributed by atoms with Crippen molar-refractivity contribution in [2.24, 2.45) is 7.05 Å². The Morgan fingerprint density at radius 2 is 1.91 bits per heavy atom. The van der Waals surface area contributed by atoms with E-state index in [4.69, 9.17) is 0 Å². The number of fused-ring (bicyclic) bond motifs is 2. The first-order chi connectivity index (χ1) is 16.6. The second kappa shape index (κ2) is 8.45. The molecular formula is C23H15BrF4N6O. The number of hydrogen-bond acceptors (Lipinski definition) is 4. The number of hydrogen-bond donors (Lipinski definition) is 2. The largest absolute Gasteiger partial charge is 0.412 e. The third kappa shape index (κ3) is 4.25. The second-order valence-electron chi connectivity index (χ2n) is 7.79. The van der Waals surface area contributed by atoms with Crippen molar-refractivity contribution in [3.05, 3.63) is 76.3 Å². The number of aryl methyl sites for hydroxylation is 1. The Hall–Kier alpha value is -3.80. The highest BCUT2D eigenvalue weighted by Crippen LogP contribution is 2.34. The van der Waals surface area contributed by atoms with Crippen LogP contribution >= 0.6 is 15.9 Å². The van der Waals surface area contributed by atoms with Crippen LogP contribution in [0.2, 0.25) is 0 Å². The number of aromatic nitrogens is 5. The van der Waals surface area contributed by atoms with Gasteiger partial charge in [0.25, 0.3) is 5.91 Å². The SMILES string of the molecule is Cn1nc(-c2cnc3[nH]cc(C(=O)N[C@@H](c4ccc(Br)cc4)C(F)(F)F)c3n2)c2ccc(F)cc21. The molecule has 3 aromatic heterocycles. The first-order valence-corrected chi connectivity index (χ1v) is 11.0. The third-order valence-electron chi connectivity index (χ3n) is 5.49. The number of carbonyl (C=O) groups excluding carboxylic acids is 1. The van der Waals surface area contributed by atoms with E-state index in [-0.39, 0.29) is 28.0 Å². The lowest BCUT2D eigenvalue weighted by molar-refractivity contribution is -0.155. The predicted molar refractivity (Wildman–Crippen MR) is 124 cm³/mol. The van der Waals surface area contributed by atoms with E-state index in [2.05, 4.69) is 41.3 Å². The lowest BCUT2D eigenvalue weighted by Gasteiger charge is -2.22. The van der Waals surface area contributed by atoms with Crippen LogP contribution in [-0.2, 0) is 7.05 Å². The summed E-state index contributed by atoms with van der Waals surface area (Å²) in [4.78, 5) is 24.4. The summed E-state index contributed by atoms with van der Waals surface area (Å²) in [5.41, 5.74) is 1.28. The molecule has 0 spiro atoms. The maximum Gasteiger partial charge on any atom is 0.412 e. The summed E-state index contributed by atoms with van der Waals surface area (Å²) >= 11 is 3.19. The minimum atomic E-state index is -4.73. The smallest absolute Gasteiger partial charge is 0.344 e. The number of nitrogens with one attached hydrogen (secondary N) is 2. The number of rotatable bonds is 4. The van der Waals surface area contributed by atoms with E-state index in [9.17, 15) is 22.4 Å². The highest BCUT2D eigenvalue weighted by molar-refractivity contribution is 9.10. The van der Waals surface area contributed by atoms with E-state index in [0.717, 1.165) is 0 Å². The minimum Gasteiger partial charge on any atom is -0.344 e. The molecule has 0 bridgehead atoms. The molecule has 2 N–H and O–H groups in total. The Labute approximate surface area is 203 Å². The fourth-order valence-electron chi connectivity index (χ4n) is 3.82. The lowest BCUT2D eigenvalue weighted by atomic mass is 10.1. The first kappa shape index (κ1) is 23.0. The topological polar surface area (TPSA) is 88.5 Å². The summed E-state index contributed by atoms with van der Waals surface area (Å²) in [6.07, 6.45) is -2.05. The van der Waals surface area contributed by atoms with Crippen LogP contribution in [0.4, 0.5) is 17.6 Å². The summed E-state index contributed by atoms with van der Waals surface area (Å²) in [7, 11) is 1.64. The van der Waals surface area contributed by atoms with E-state index >= 15 is 0 Å². The summed E-state index contributed by atoms with van der Waals surface area (Å²) < 4.78 is 57.1. The number of carbonyl (C=O) groups is 1. The van der Waals surface area contributed by atoms with Gasteiger partial charge in [-0.1, -0.05) is 28.1 Å². The maximum atomic E-state index is 13.8. The van der Waals surface area contributed by atoms with Crippen LogP contribution in [0.25, 0.3) is 33.5 Å². The van der Waals surface area contributed by atoms with Crippen LogP contribution in [0, 0.1) is 5.82 Å². The zero-order chi connectivity index (χ0) is 24.9. The van der Waals surface area contributed by atoms with Crippen molar-refractivity contribution in [3.8, 4) is 11.4 Å². The van der Waals surface area contributed by atoms with Gasteiger partial charge in [0.1, 0.15) is 22.7 Å². The summed E-state index contributed by atoms with van der Waals surface area (Å²) in [5, 5.41) is 7.04. The molecule has 0 saturated heterocycles. The van der Waals surface area contributed by atoms with Gasteiger partial charge in [0, 0.05) is 23.1 Å². The van der Waals surface area contributed by atoms with Crippen LogP contribution in [0.15, 0.2) is 59.3 Å². The van der Waals surface area contributed by atoms with Gasteiger partial charge in [-0.15, -0.1) is 0 Å². The molecule has 2 aromatic carbocycles. The Balaban J connectivity index is 1.54. The molecule has 0 aliphatic carbocycles. The first-order valence-electron chi connectivity index (χ1n) is 10.2. The molecule has 5 rings (SSSR count). The van der Waals surface area contributed by atoms with Gasteiger partial charge >= 0.3 is 6.18 Å². The monoisotopic (exact) mass is 546 g/mol. The Morgan fingerprint density at radius 3 is 2.63 bits per heavy atom. The van der Waals surface area contributed by atoms with Gasteiger partial charge in [-0.3, -0.25) is 9.48 Å². The van der Waals surface area contributed by atoms with Crippen molar-refractivity contribution in [1.29, 1.82) is 0 Å². The van der Waals surface area contributed by atoms with E-state index in [1.807, 2.05) is 0 Å². The Morgan fingerprint density at radius 1 is 1.17 bits per heavy atom. The molecule has 0 fully saturated rings. The van der Waals surface area contributed by atoms with Crippen molar-refractivity contribution in [1.82, 2.24) is 30.0 Å². The molecule has 35 heavy (non-hydrogen) atoms. The molecule has 178 valence electrons. The van der Waals surface area contributed by atoms with Gasteiger partial charge in [0.15, 0.2) is 11.7 Å². The molecule has 12 heteroatoms. The van der Waals surface area contributed by atoms with Crippen molar-refractivity contribution in [3.63, 3.8) is 0 Å². The Bertz CT molecular complexity index is 1580. The fraction of sp³-hybridized carbons (Fsp3) is 0.130. The summed E-state index contributed by atoms with van der Waals surface area (Å²) in [5.74, 6) is -1.40. The number of aromatic amines is 1. The molecule has 1 atom stereocenters. The van der Waals surface area contributed by atoms with Gasteiger partial charge in [-0.2, -0.15) is 18.3 Å². The summed E-state index contributed by atoms with van der Waals surface area (Å²) in [6.45, 7) is 0. The van der Waals surface area contributed by atoms with Crippen LogP contribution in [0.5, 0.6) is 0 Å². The van der Waals surface area contributed by atoms with Crippen LogP contribution in [0.3, 0.4) is 0 Å². The minimum absolute atomic E-state index is 0.0812. The number of alkyl halides is 3. The molecule has 0 unspecified atom stereocenters. The third-order valence-corrected chi connectivity index (χ3v) is 6.02. The van der Waals surface area contributed by atoms with Crippen molar-refractivity contribution in [2.45, 2.75) is 12.2 Å². The zero-order valence-electron chi connectivity index (χ0n) is 17.9. The standard InChI is InChI=1S/C23H15BrF4N6O/c1-34-17-8-13(25)6-7-14(17)18(33-34)16-10-30-21-19(31-16)15(9-29-21)22(35)32-20(23(26,27)28)11-2-4-12(24)5-3-11/h2-10,20H,1H3,(H,29,30)(H,32,35)/t20-/m0/s1. The van der Waals surface area contributed by atoms with Crippen molar-refractivity contribution in [2.75, 3.05) is 0 Å². The molecule has 7 nitrogen and oxygen atoms in total. The molecular weight excluding hydrogens is 532 g/mol. The van der Waals surface area contributed by atoms with E-state index in [0.29, 0.717) is 21.1 Å². The molecule has 5 aromatic rings. The molecule has 1 amide bonds. The van der Waals surface area contributed by atoms with Gasteiger partial charge in [-0.05, 0) is 35.9 Å². The molecule has 0 saturated carbocycles. The van der Waals surface area contributed by atoms with Gasteiger partial charge in [0.2, 0.25) is 0 Å². The Kier molecular flexibility index (Phi) is 5.55. The van der Waals surface area contributed by atoms with E-state index in [1.54, 1.807) is 13.1 Å². The number of nitrogens with zero attached hydrogens (tertiary/aromatic N) is 4. The number of halogens is 5. The van der Waals surface area contributed by atoms with Gasteiger partial charge in [0.05, 0.1) is 17.3 Å². The highest BCUT2D eigenvalue weighted by Gasteiger charge is 2.42. The lowest BCUT2D eigenvalue weighted by Crippen LogP contribution is -2.38.